The number of benzene rings is 2. The third-order valence-corrected chi connectivity index (χ3v) is 6.34. The van der Waals surface area contributed by atoms with Crippen molar-refractivity contribution in [3.63, 3.8) is 0 Å². The minimum Gasteiger partial charge on any atom is -0.490 e. The number of hydrogen-bond donors (Lipinski definition) is 3. The molecule has 0 spiro atoms. The zero-order valence-electron chi connectivity index (χ0n) is 20.0. The predicted molar refractivity (Wildman–Crippen MR) is 138 cm³/mol. The van der Waals surface area contributed by atoms with E-state index in [-0.39, 0.29) is 11.8 Å². The molecule has 2 heterocycles. The van der Waals surface area contributed by atoms with Gasteiger partial charge in [0.05, 0.1) is 17.4 Å². The van der Waals surface area contributed by atoms with E-state index >= 15 is 0 Å². The first kappa shape index (κ1) is 22.8. The highest BCUT2D eigenvalue weighted by molar-refractivity contribution is 5.84. The quantitative estimate of drug-likeness (QED) is 0.252. The molecule has 2 aromatic carbocycles. The van der Waals surface area contributed by atoms with Gasteiger partial charge in [0.2, 0.25) is 5.95 Å². The summed E-state index contributed by atoms with van der Waals surface area (Å²) in [7, 11) is 5.81. The number of hydrogen-bond acceptors (Lipinski definition) is 9. The van der Waals surface area contributed by atoms with E-state index in [0.717, 1.165) is 40.9 Å². The van der Waals surface area contributed by atoms with E-state index in [1.807, 2.05) is 68.7 Å². The van der Waals surface area contributed by atoms with Gasteiger partial charge in [0.1, 0.15) is 23.4 Å². The molecule has 0 radical (unpaired) electrons. The molecule has 1 saturated carbocycles. The zero-order chi connectivity index (χ0) is 24.4. The van der Waals surface area contributed by atoms with Crippen LogP contribution in [0.4, 0.5) is 28.8 Å². The number of nitrogens with one attached hydrogen (secondary N) is 2. The summed E-state index contributed by atoms with van der Waals surface area (Å²) in [5.74, 6) is 1.97. The maximum atomic E-state index is 6.10. The molecule has 180 valence electrons. The van der Waals surface area contributed by atoms with Crippen molar-refractivity contribution in [3.05, 3.63) is 67.0 Å². The lowest BCUT2D eigenvalue weighted by Gasteiger charge is -2.50. The highest BCUT2D eigenvalue weighted by Gasteiger charge is 2.48. The fraction of sp³-hybridized carbons (Fsp3) is 0.269. The smallest absolute Gasteiger partial charge is 0.229 e. The fourth-order valence-corrected chi connectivity index (χ4v) is 4.23. The molecule has 0 saturated heterocycles. The lowest BCUT2D eigenvalue weighted by molar-refractivity contribution is -0.204. The van der Waals surface area contributed by atoms with Crippen LogP contribution in [0.5, 0.6) is 5.75 Å². The van der Waals surface area contributed by atoms with Gasteiger partial charge in [-0.15, -0.1) is 0 Å². The third kappa shape index (κ3) is 4.96. The Morgan fingerprint density at radius 3 is 2.51 bits per heavy atom. The number of methoxy groups -OCH3 is 1. The molecule has 0 unspecified atom stereocenters. The predicted octanol–water partition coefficient (Wildman–Crippen LogP) is 4.54. The molecule has 0 amide bonds. The fourth-order valence-electron chi connectivity index (χ4n) is 4.23. The summed E-state index contributed by atoms with van der Waals surface area (Å²) in [5.41, 5.74) is 8.85. The summed E-state index contributed by atoms with van der Waals surface area (Å²) in [6.45, 7) is 0. The van der Waals surface area contributed by atoms with Gasteiger partial charge in [0.25, 0.3) is 0 Å². The van der Waals surface area contributed by atoms with Gasteiger partial charge in [0, 0.05) is 42.9 Å². The SMILES string of the molecule is COC1(N(C)C)CC(Oc2ccc(Nc3nccc(Nc4cnc5cc(N)ccc5c4)n3)cc2)C1. The van der Waals surface area contributed by atoms with Crippen LogP contribution in [0.25, 0.3) is 10.9 Å². The van der Waals surface area contributed by atoms with Crippen LogP contribution in [0.1, 0.15) is 12.8 Å². The zero-order valence-corrected chi connectivity index (χ0v) is 20.0. The van der Waals surface area contributed by atoms with Crippen LogP contribution in [0, 0.1) is 0 Å². The number of fused-ring (bicyclic) bond motifs is 1. The van der Waals surface area contributed by atoms with Gasteiger partial charge in [0.15, 0.2) is 0 Å². The summed E-state index contributed by atoms with van der Waals surface area (Å²) < 4.78 is 11.8. The van der Waals surface area contributed by atoms with Crippen LogP contribution >= 0.6 is 0 Å². The second kappa shape index (κ2) is 9.36. The summed E-state index contributed by atoms with van der Waals surface area (Å²) in [5, 5.41) is 7.51. The van der Waals surface area contributed by atoms with Gasteiger partial charge < -0.3 is 25.8 Å². The van der Waals surface area contributed by atoms with Crippen LogP contribution in [0.2, 0.25) is 0 Å². The molecule has 35 heavy (non-hydrogen) atoms. The Balaban J connectivity index is 1.20. The molecule has 0 atom stereocenters. The van der Waals surface area contributed by atoms with E-state index in [9.17, 15) is 0 Å². The van der Waals surface area contributed by atoms with Crippen LogP contribution in [-0.4, -0.2) is 52.9 Å². The summed E-state index contributed by atoms with van der Waals surface area (Å²) in [4.78, 5) is 15.5. The highest BCUT2D eigenvalue weighted by Crippen LogP contribution is 2.39. The maximum absolute atomic E-state index is 6.10. The van der Waals surface area contributed by atoms with Gasteiger partial charge >= 0.3 is 0 Å². The number of nitrogens with two attached hydrogens (primary N) is 1. The first-order chi connectivity index (χ1) is 16.9. The Hall–Kier alpha value is -3.95. The first-order valence-electron chi connectivity index (χ1n) is 11.4. The lowest BCUT2D eigenvalue weighted by Crippen LogP contribution is -2.59. The standard InChI is InChI=1S/C26H29N7O2/c1-33(2)26(34-3)14-22(15-26)35-21-8-6-19(7-9-21)31-25-28-11-10-24(32-25)30-20-12-17-4-5-18(27)13-23(17)29-16-20/h4-13,16,22H,14-15,27H2,1-3H3,(H2,28,30,31,32). The van der Waals surface area contributed by atoms with Crippen molar-refractivity contribution in [2.24, 2.45) is 0 Å². The number of nitrogen functional groups attached to an aromatic ring is 1. The number of pyridine rings is 1. The molecule has 4 N–H and O–H groups in total. The van der Waals surface area contributed by atoms with E-state index in [4.69, 9.17) is 15.2 Å². The van der Waals surface area contributed by atoms with Gasteiger partial charge in [-0.25, -0.2) is 4.98 Å². The average Bonchev–Trinajstić information content (AvgIpc) is 2.82. The molecule has 1 aliphatic carbocycles. The van der Waals surface area contributed by atoms with Crippen molar-refractivity contribution >= 4 is 39.7 Å². The normalized spacial score (nSPS) is 19.4. The molecule has 9 nitrogen and oxygen atoms in total. The first-order valence-corrected chi connectivity index (χ1v) is 11.4. The monoisotopic (exact) mass is 471 g/mol. The van der Waals surface area contributed by atoms with E-state index in [1.54, 1.807) is 19.5 Å². The Morgan fingerprint density at radius 2 is 1.77 bits per heavy atom. The molecule has 5 rings (SSSR count). The maximum Gasteiger partial charge on any atom is 0.229 e. The Bertz CT molecular complexity index is 1320. The highest BCUT2D eigenvalue weighted by atomic mass is 16.5. The molecule has 9 heteroatoms. The molecule has 1 aliphatic rings. The van der Waals surface area contributed by atoms with E-state index in [0.29, 0.717) is 17.5 Å². The van der Waals surface area contributed by atoms with Gasteiger partial charge in [-0.2, -0.15) is 4.98 Å². The second-order valence-electron chi connectivity index (χ2n) is 8.91. The molecule has 2 aromatic heterocycles. The Labute approximate surface area is 204 Å². The number of aromatic nitrogens is 3. The van der Waals surface area contributed by atoms with Crippen molar-refractivity contribution < 1.29 is 9.47 Å². The van der Waals surface area contributed by atoms with Crippen LogP contribution in [0.15, 0.2) is 67.0 Å². The van der Waals surface area contributed by atoms with Crippen molar-refractivity contribution in [1.29, 1.82) is 0 Å². The minimum atomic E-state index is -0.223. The van der Waals surface area contributed by atoms with Crippen LogP contribution < -0.4 is 21.1 Å². The van der Waals surface area contributed by atoms with Gasteiger partial charge in [-0.05, 0) is 62.6 Å². The summed E-state index contributed by atoms with van der Waals surface area (Å²) >= 11 is 0. The molecule has 4 aromatic rings. The molecule has 0 aliphatic heterocycles. The number of rotatable bonds is 8. The molecule has 1 fully saturated rings. The van der Waals surface area contributed by atoms with Crippen LogP contribution in [-0.2, 0) is 4.74 Å². The topological polar surface area (TPSA) is 110 Å². The van der Waals surface area contributed by atoms with Crippen molar-refractivity contribution in [1.82, 2.24) is 19.9 Å². The van der Waals surface area contributed by atoms with Crippen LogP contribution in [0.3, 0.4) is 0 Å². The minimum absolute atomic E-state index is 0.143. The van der Waals surface area contributed by atoms with Crippen molar-refractivity contribution in [3.8, 4) is 5.75 Å². The van der Waals surface area contributed by atoms with Gasteiger partial charge in [-0.3, -0.25) is 9.88 Å². The van der Waals surface area contributed by atoms with Gasteiger partial charge in [-0.1, -0.05) is 6.07 Å². The summed E-state index contributed by atoms with van der Waals surface area (Å²) in [6.07, 6.45) is 5.28. The van der Waals surface area contributed by atoms with E-state index in [1.165, 1.54) is 0 Å². The third-order valence-electron chi connectivity index (χ3n) is 6.34. The molecular weight excluding hydrogens is 442 g/mol. The average molecular weight is 472 g/mol. The molecular formula is C26H29N7O2. The number of anilines is 5. The number of nitrogens with zero attached hydrogens (tertiary/aromatic N) is 4. The Morgan fingerprint density at radius 1 is 0.971 bits per heavy atom. The lowest BCUT2D eigenvalue weighted by atomic mass is 9.83. The molecule has 0 bridgehead atoms. The Kier molecular flexibility index (Phi) is 6.10. The summed E-state index contributed by atoms with van der Waals surface area (Å²) in [6, 6.07) is 17.3. The van der Waals surface area contributed by atoms with Crippen molar-refractivity contribution in [2.75, 3.05) is 37.6 Å². The van der Waals surface area contributed by atoms with Crippen molar-refractivity contribution in [2.45, 2.75) is 24.7 Å². The largest absolute Gasteiger partial charge is 0.490 e. The number of ether oxygens (including phenoxy) is 2. The van der Waals surface area contributed by atoms with E-state index < -0.39 is 0 Å². The van der Waals surface area contributed by atoms with E-state index in [2.05, 4.69) is 30.5 Å². The second-order valence-corrected chi connectivity index (χ2v) is 8.91.